The quantitative estimate of drug-likeness (QED) is 0.401. The number of unbranched alkanes of at least 4 members (excludes halogenated alkanes) is 2. The van der Waals surface area contributed by atoms with Crippen LogP contribution in [0, 0.1) is 6.92 Å². The van der Waals surface area contributed by atoms with E-state index in [9.17, 15) is 9.59 Å². The van der Waals surface area contributed by atoms with Crippen molar-refractivity contribution < 1.29 is 9.59 Å². The Balaban J connectivity index is 1.56. The fraction of sp³-hybridized carbons (Fsp3) is 0.483. The first-order valence-electron chi connectivity index (χ1n) is 13.4. The van der Waals surface area contributed by atoms with Gasteiger partial charge in [0, 0.05) is 44.8 Å². The Bertz CT molecular complexity index is 1240. The lowest BCUT2D eigenvalue weighted by Crippen LogP contribution is -2.48. The Kier molecular flexibility index (Phi) is 8.48. The summed E-state index contributed by atoms with van der Waals surface area (Å²) in [5, 5.41) is 12.6. The van der Waals surface area contributed by atoms with Crippen molar-refractivity contribution in [1.29, 1.82) is 0 Å². The number of hydrogen-bond donors (Lipinski definition) is 1. The number of fused-ring (bicyclic) bond motifs is 2. The second-order valence-electron chi connectivity index (χ2n) is 10.0. The number of likely N-dealkylation sites (N-methyl/N-ethyl adjacent to an activating group) is 1. The Labute approximate surface area is 220 Å². The first-order chi connectivity index (χ1) is 17.8. The minimum Gasteiger partial charge on any atom is -0.355 e. The molecule has 0 atom stereocenters. The monoisotopic (exact) mass is 504 g/mol. The second-order valence-corrected chi connectivity index (χ2v) is 10.0. The molecule has 2 aromatic carbocycles. The zero-order valence-corrected chi connectivity index (χ0v) is 22.9. The number of hydrazine groups is 1. The molecule has 2 amide bonds. The number of hydrogen-bond acceptors (Lipinski definition) is 5. The van der Waals surface area contributed by atoms with Crippen molar-refractivity contribution in [2.24, 2.45) is 7.05 Å². The molecule has 1 N–H and O–H groups in total. The van der Waals surface area contributed by atoms with Gasteiger partial charge in [-0.25, -0.2) is 5.01 Å². The predicted octanol–water partition coefficient (Wildman–Crippen LogP) is 3.95. The van der Waals surface area contributed by atoms with Crippen molar-refractivity contribution >= 4 is 28.4 Å². The smallest absolute Gasteiger partial charge is 0.256 e. The Hall–Kier alpha value is -3.39. The van der Waals surface area contributed by atoms with Crippen molar-refractivity contribution in [1.82, 2.24) is 25.1 Å². The molecule has 8 nitrogen and oxygen atoms in total. The fourth-order valence-corrected chi connectivity index (χ4v) is 5.08. The molecule has 3 aromatic rings. The summed E-state index contributed by atoms with van der Waals surface area (Å²) in [7, 11) is 3.76. The number of amides is 2. The minimum absolute atomic E-state index is 0.0506. The zero-order chi connectivity index (χ0) is 26.5. The predicted molar refractivity (Wildman–Crippen MR) is 148 cm³/mol. The number of aromatic nitrogens is 2. The van der Waals surface area contributed by atoms with Crippen LogP contribution in [0.2, 0.25) is 0 Å². The molecular formula is C29H40N6O2. The van der Waals surface area contributed by atoms with Gasteiger partial charge in [-0.2, -0.15) is 5.10 Å². The summed E-state index contributed by atoms with van der Waals surface area (Å²) in [6.07, 6.45) is 4.00. The Morgan fingerprint density at radius 3 is 2.41 bits per heavy atom. The molecule has 0 saturated carbocycles. The van der Waals surface area contributed by atoms with Gasteiger partial charge in [-0.1, -0.05) is 51.0 Å². The highest BCUT2D eigenvalue weighted by molar-refractivity contribution is 5.91. The van der Waals surface area contributed by atoms with E-state index in [1.807, 2.05) is 42.7 Å². The molecule has 0 unspecified atom stereocenters. The Morgan fingerprint density at radius 1 is 1.05 bits per heavy atom. The topological polar surface area (TPSA) is 73.7 Å². The van der Waals surface area contributed by atoms with Crippen LogP contribution in [0.3, 0.4) is 0 Å². The number of carbonyl (C=O) groups is 2. The number of nitrogens with zero attached hydrogens (tertiary/aromatic N) is 5. The van der Waals surface area contributed by atoms with Gasteiger partial charge in [-0.3, -0.25) is 19.3 Å². The van der Waals surface area contributed by atoms with Crippen molar-refractivity contribution in [2.45, 2.75) is 59.5 Å². The van der Waals surface area contributed by atoms with Crippen LogP contribution in [0.25, 0.3) is 10.9 Å². The van der Waals surface area contributed by atoms with E-state index in [4.69, 9.17) is 0 Å². The van der Waals surface area contributed by atoms with Gasteiger partial charge in [0.25, 0.3) is 5.91 Å². The number of rotatable bonds is 11. The van der Waals surface area contributed by atoms with E-state index in [0.29, 0.717) is 19.6 Å². The molecule has 0 bridgehead atoms. The van der Waals surface area contributed by atoms with Crippen LogP contribution in [0.15, 0.2) is 36.4 Å². The highest BCUT2D eigenvalue weighted by atomic mass is 16.2. The summed E-state index contributed by atoms with van der Waals surface area (Å²) < 4.78 is 1.88. The van der Waals surface area contributed by atoms with Crippen LogP contribution in [-0.2, 0) is 36.1 Å². The van der Waals surface area contributed by atoms with Crippen LogP contribution in [-0.4, -0.2) is 58.3 Å². The normalized spacial score (nSPS) is 13.1. The van der Waals surface area contributed by atoms with E-state index in [1.165, 1.54) is 11.1 Å². The first-order valence-corrected chi connectivity index (χ1v) is 13.4. The SMILES string of the molecule is CCCCCNC(=O)CN(CC(=O)N(C)N1Cc2ccccc2C1)c1cc2c(cc1C)c(CC)nn2C. The largest absolute Gasteiger partial charge is 0.355 e. The van der Waals surface area contributed by atoms with Gasteiger partial charge in [-0.05, 0) is 48.6 Å². The number of nitrogens with one attached hydrogen (secondary N) is 1. The lowest BCUT2D eigenvalue weighted by Gasteiger charge is -2.32. The van der Waals surface area contributed by atoms with Gasteiger partial charge in [0.2, 0.25) is 5.91 Å². The lowest BCUT2D eigenvalue weighted by molar-refractivity contribution is -0.145. The van der Waals surface area contributed by atoms with E-state index in [2.05, 4.69) is 53.5 Å². The average Bonchev–Trinajstić information content (AvgIpc) is 3.45. The van der Waals surface area contributed by atoms with Crippen LogP contribution < -0.4 is 10.2 Å². The summed E-state index contributed by atoms with van der Waals surface area (Å²) >= 11 is 0. The van der Waals surface area contributed by atoms with Crippen molar-refractivity contribution in [3.63, 3.8) is 0 Å². The van der Waals surface area contributed by atoms with E-state index in [1.54, 1.807) is 5.01 Å². The maximum atomic E-state index is 13.5. The molecule has 0 saturated heterocycles. The van der Waals surface area contributed by atoms with Crippen molar-refractivity contribution in [3.8, 4) is 0 Å². The number of anilines is 1. The van der Waals surface area contributed by atoms with Crippen LogP contribution in [0.1, 0.15) is 55.5 Å². The summed E-state index contributed by atoms with van der Waals surface area (Å²) in [6, 6.07) is 12.5. The minimum atomic E-state index is -0.0705. The van der Waals surface area contributed by atoms with Crippen molar-refractivity contribution in [2.75, 3.05) is 31.6 Å². The molecule has 198 valence electrons. The maximum absolute atomic E-state index is 13.5. The standard InChI is InChI=1S/C29H40N6O2/c1-6-8-11-14-30-28(36)19-34(26-16-27-24(15-21(26)3)25(7-2)31-32(27)4)20-29(37)33(5)35-17-22-12-9-10-13-23(22)18-35/h9-10,12-13,15-16H,6-8,11,14,17-20H2,1-5H3,(H,30,36). The second kappa shape index (κ2) is 11.8. The highest BCUT2D eigenvalue weighted by Crippen LogP contribution is 2.29. The summed E-state index contributed by atoms with van der Waals surface area (Å²) in [5.41, 5.74) is 6.45. The third-order valence-corrected chi connectivity index (χ3v) is 7.29. The molecule has 1 aromatic heterocycles. The molecular weight excluding hydrogens is 464 g/mol. The third-order valence-electron chi connectivity index (χ3n) is 7.29. The first kappa shape index (κ1) is 26.7. The zero-order valence-electron chi connectivity index (χ0n) is 22.9. The van der Waals surface area contributed by atoms with Crippen LogP contribution in [0.4, 0.5) is 5.69 Å². The van der Waals surface area contributed by atoms with Crippen LogP contribution in [0.5, 0.6) is 0 Å². The molecule has 1 aliphatic rings. The van der Waals surface area contributed by atoms with Gasteiger partial charge in [0.1, 0.15) is 0 Å². The van der Waals surface area contributed by atoms with Crippen LogP contribution >= 0.6 is 0 Å². The molecule has 0 spiro atoms. The number of aryl methyl sites for hydroxylation is 3. The van der Waals surface area contributed by atoms with E-state index < -0.39 is 0 Å². The maximum Gasteiger partial charge on any atom is 0.256 e. The van der Waals surface area contributed by atoms with Gasteiger partial charge in [0.15, 0.2) is 0 Å². The van der Waals surface area contributed by atoms with Gasteiger partial charge in [-0.15, -0.1) is 0 Å². The molecule has 0 radical (unpaired) electrons. The fourth-order valence-electron chi connectivity index (χ4n) is 5.08. The van der Waals surface area contributed by atoms with Gasteiger partial charge >= 0.3 is 0 Å². The van der Waals surface area contributed by atoms with Gasteiger partial charge in [0.05, 0.1) is 24.3 Å². The molecule has 1 aliphatic heterocycles. The molecule has 0 fully saturated rings. The molecule has 37 heavy (non-hydrogen) atoms. The summed E-state index contributed by atoms with van der Waals surface area (Å²) in [6.45, 7) is 8.58. The highest BCUT2D eigenvalue weighted by Gasteiger charge is 2.27. The molecule has 2 heterocycles. The lowest BCUT2D eigenvalue weighted by atomic mass is 10.1. The summed E-state index contributed by atoms with van der Waals surface area (Å²) in [4.78, 5) is 28.4. The van der Waals surface area contributed by atoms with E-state index >= 15 is 0 Å². The Morgan fingerprint density at radius 2 is 1.76 bits per heavy atom. The van der Waals surface area contributed by atoms with Gasteiger partial charge < -0.3 is 10.2 Å². The third kappa shape index (κ3) is 5.96. The summed E-state index contributed by atoms with van der Waals surface area (Å²) in [5.74, 6) is -0.121. The number of benzene rings is 2. The number of carbonyl (C=O) groups excluding carboxylic acids is 2. The van der Waals surface area contributed by atoms with Crippen molar-refractivity contribution in [3.05, 3.63) is 58.8 Å². The molecule has 8 heteroatoms. The average molecular weight is 505 g/mol. The van der Waals surface area contributed by atoms with E-state index in [-0.39, 0.29) is 24.9 Å². The molecule has 4 rings (SSSR count). The van der Waals surface area contributed by atoms with E-state index in [0.717, 1.165) is 53.5 Å². The molecule has 0 aliphatic carbocycles.